The third kappa shape index (κ3) is 4.74. The van der Waals surface area contributed by atoms with Crippen molar-refractivity contribution in [1.82, 2.24) is 9.88 Å². The fraction of sp³-hybridized carbons (Fsp3) is 0.250. The molecule has 0 bridgehead atoms. The standard InChI is InChI=1S/C12H13F2N3S.ClH/c1-17(7-11-5-16-12(15)18-11)6-8-2-9(13)4-10(14)3-8;/h2-5H,6-7H2,1H3,(H2,15,16);1H. The van der Waals surface area contributed by atoms with E-state index in [0.717, 1.165) is 10.9 Å². The van der Waals surface area contributed by atoms with Gasteiger partial charge in [-0.25, -0.2) is 13.8 Å². The minimum Gasteiger partial charge on any atom is -0.375 e. The van der Waals surface area contributed by atoms with Crippen LogP contribution in [0.25, 0.3) is 0 Å². The predicted octanol–water partition coefficient (Wildman–Crippen LogP) is 3.06. The van der Waals surface area contributed by atoms with E-state index in [1.807, 2.05) is 11.9 Å². The Morgan fingerprint density at radius 2 is 1.84 bits per heavy atom. The lowest BCUT2D eigenvalue weighted by atomic mass is 10.2. The van der Waals surface area contributed by atoms with E-state index in [1.54, 1.807) is 6.20 Å². The molecule has 0 spiro atoms. The smallest absolute Gasteiger partial charge is 0.180 e. The average Bonchev–Trinajstić information content (AvgIpc) is 2.61. The summed E-state index contributed by atoms with van der Waals surface area (Å²) in [5.41, 5.74) is 6.14. The van der Waals surface area contributed by atoms with E-state index in [9.17, 15) is 8.78 Å². The third-order valence-electron chi connectivity index (χ3n) is 2.37. The Kier molecular flexibility index (Phi) is 5.65. The van der Waals surface area contributed by atoms with Crippen molar-refractivity contribution in [3.63, 3.8) is 0 Å². The first-order valence-corrected chi connectivity index (χ1v) is 6.18. The Labute approximate surface area is 120 Å². The van der Waals surface area contributed by atoms with Gasteiger partial charge < -0.3 is 5.73 Å². The summed E-state index contributed by atoms with van der Waals surface area (Å²) in [5, 5.41) is 0.523. The summed E-state index contributed by atoms with van der Waals surface area (Å²) in [4.78, 5) is 6.92. The lowest BCUT2D eigenvalue weighted by Crippen LogP contribution is -2.16. The number of benzene rings is 1. The monoisotopic (exact) mass is 305 g/mol. The Morgan fingerprint density at radius 3 is 2.37 bits per heavy atom. The summed E-state index contributed by atoms with van der Waals surface area (Å²) >= 11 is 1.41. The van der Waals surface area contributed by atoms with Crippen LogP contribution in [0.1, 0.15) is 10.4 Å². The Bertz CT molecular complexity index is 527. The Balaban J connectivity index is 0.00000180. The van der Waals surface area contributed by atoms with Crippen LogP contribution in [-0.2, 0) is 13.1 Å². The van der Waals surface area contributed by atoms with Crippen molar-refractivity contribution in [3.8, 4) is 0 Å². The maximum atomic E-state index is 13.0. The molecule has 104 valence electrons. The summed E-state index contributed by atoms with van der Waals surface area (Å²) in [6, 6.07) is 3.54. The molecule has 3 nitrogen and oxygen atoms in total. The van der Waals surface area contributed by atoms with E-state index in [-0.39, 0.29) is 12.4 Å². The van der Waals surface area contributed by atoms with Gasteiger partial charge in [0.15, 0.2) is 5.13 Å². The van der Waals surface area contributed by atoms with Crippen LogP contribution in [0, 0.1) is 11.6 Å². The minimum atomic E-state index is -0.555. The molecule has 1 aromatic heterocycles. The van der Waals surface area contributed by atoms with Gasteiger partial charge in [0, 0.05) is 30.2 Å². The number of rotatable bonds is 4. The van der Waals surface area contributed by atoms with Crippen molar-refractivity contribution in [2.45, 2.75) is 13.1 Å². The van der Waals surface area contributed by atoms with E-state index in [1.165, 1.54) is 23.5 Å². The van der Waals surface area contributed by atoms with E-state index in [0.29, 0.717) is 23.8 Å². The van der Waals surface area contributed by atoms with Gasteiger partial charge in [-0.1, -0.05) is 0 Å². The van der Waals surface area contributed by atoms with Crippen LogP contribution in [0.3, 0.4) is 0 Å². The largest absolute Gasteiger partial charge is 0.375 e. The van der Waals surface area contributed by atoms with Gasteiger partial charge >= 0.3 is 0 Å². The highest BCUT2D eigenvalue weighted by Crippen LogP contribution is 2.17. The van der Waals surface area contributed by atoms with Gasteiger partial charge in [0.2, 0.25) is 0 Å². The molecule has 1 heterocycles. The first-order chi connectivity index (χ1) is 8.52. The molecular weight excluding hydrogens is 292 g/mol. The zero-order valence-corrected chi connectivity index (χ0v) is 11.9. The Morgan fingerprint density at radius 1 is 1.21 bits per heavy atom. The molecule has 2 N–H and O–H groups in total. The van der Waals surface area contributed by atoms with Crippen molar-refractivity contribution >= 4 is 28.9 Å². The molecule has 19 heavy (non-hydrogen) atoms. The van der Waals surface area contributed by atoms with Gasteiger partial charge in [0.1, 0.15) is 11.6 Å². The molecule has 0 saturated heterocycles. The molecule has 0 aliphatic heterocycles. The number of aromatic nitrogens is 1. The molecule has 0 unspecified atom stereocenters. The number of halogens is 3. The molecule has 0 atom stereocenters. The van der Waals surface area contributed by atoms with Crippen molar-refractivity contribution in [2.75, 3.05) is 12.8 Å². The zero-order valence-electron chi connectivity index (χ0n) is 10.3. The zero-order chi connectivity index (χ0) is 13.1. The molecule has 0 aliphatic rings. The summed E-state index contributed by atoms with van der Waals surface area (Å²) in [6.07, 6.45) is 1.71. The summed E-state index contributed by atoms with van der Waals surface area (Å²) in [6.45, 7) is 1.11. The van der Waals surface area contributed by atoms with E-state index in [4.69, 9.17) is 5.73 Å². The molecule has 0 aliphatic carbocycles. The van der Waals surface area contributed by atoms with E-state index in [2.05, 4.69) is 4.98 Å². The van der Waals surface area contributed by atoms with Crippen LogP contribution < -0.4 is 5.73 Å². The van der Waals surface area contributed by atoms with Gasteiger partial charge in [0.05, 0.1) is 0 Å². The number of thiazole rings is 1. The molecule has 0 radical (unpaired) electrons. The molecule has 0 saturated carbocycles. The van der Waals surface area contributed by atoms with Crippen LogP contribution in [0.4, 0.5) is 13.9 Å². The van der Waals surface area contributed by atoms with Crippen LogP contribution in [0.15, 0.2) is 24.4 Å². The van der Waals surface area contributed by atoms with Crippen molar-refractivity contribution in [1.29, 1.82) is 0 Å². The number of hydrogen-bond donors (Lipinski definition) is 1. The van der Waals surface area contributed by atoms with E-state index >= 15 is 0 Å². The second-order valence-corrected chi connectivity index (χ2v) is 5.26. The first kappa shape index (κ1) is 15.8. The maximum absolute atomic E-state index is 13.0. The highest BCUT2D eigenvalue weighted by Gasteiger charge is 2.07. The molecule has 2 rings (SSSR count). The SMILES string of the molecule is CN(Cc1cc(F)cc(F)c1)Cc1cnc(N)s1.Cl. The summed E-state index contributed by atoms with van der Waals surface area (Å²) < 4.78 is 26.1. The minimum absolute atomic E-state index is 0. The lowest BCUT2D eigenvalue weighted by molar-refractivity contribution is 0.320. The number of anilines is 1. The third-order valence-corrected chi connectivity index (χ3v) is 3.18. The fourth-order valence-electron chi connectivity index (χ4n) is 1.73. The summed E-state index contributed by atoms with van der Waals surface area (Å²) in [7, 11) is 1.87. The topological polar surface area (TPSA) is 42.2 Å². The predicted molar refractivity (Wildman–Crippen MR) is 75.3 cm³/mol. The first-order valence-electron chi connectivity index (χ1n) is 5.36. The quantitative estimate of drug-likeness (QED) is 0.944. The van der Waals surface area contributed by atoms with Gasteiger partial charge in [-0.2, -0.15) is 0 Å². The molecule has 1 aromatic carbocycles. The van der Waals surface area contributed by atoms with Crippen LogP contribution >= 0.6 is 23.7 Å². The van der Waals surface area contributed by atoms with Gasteiger partial charge in [0.25, 0.3) is 0 Å². The molecule has 0 amide bonds. The fourth-order valence-corrected chi connectivity index (χ4v) is 2.50. The number of nitrogens with two attached hydrogens (primary N) is 1. The van der Waals surface area contributed by atoms with Gasteiger partial charge in [-0.3, -0.25) is 4.90 Å². The van der Waals surface area contributed by atoms with Crippen LogP contribution in [0.5, 0.6) is 0 Å². The number of hydrogen-bond acceptors (Lipinski definition) is 4. The van der Waals surface area contributed by atoms with Crippen molar-refractivity contribution in [2.24, 2.45) is 0 Å². The molecule has 0 fully saturated rings. The van der Waals surface area contributed by atoms with Crippen molar-refractivity contribution < 1.29 is 8.78 Å². The number of nitrogen functional groups attached to an aromatic ring is 1. The highest BCUT2D eigenvalue weighted by atomic mass is 35.5. The van der Waals surface area contributed by atoms with Crippen LogP contribution in [0.2, 0.25) is 0 Å². The second kappa shape index (κ2) is 6.79. The summed E-state index contributed by atoms with van der Waals surface area (Å²) in [5.74, 6) is -1.11. The van der Waals surface area contributed by atoms with E-state index < -0.39 is 11.6 Å². The van der Waals surface area contributed by atoms with Crippen LogP contribution in [-0.4, -0.2) is 16.9 Å². The molecular formula is C12H14ClF2N3S. The Hall–Kier alpha value is -1.24. The molecule has 2 aromatic rings. The highest BCUT2D eigenvalue weighted by molar-refractivity contribution is 7.15. The van der Waals surface area contributed by atoms with Gasteiger partial charge in [-0.05, 0) is 24.7 Å². The average molecular weight is 306 g/mol. The second-order valence-electron chi connectivity index (χ2n) is 4.11. The van der Waals surface area contributed by atoms with Crippen molar-refractivity contribution in [3.05, 3.63) is 46.5 Å². The number of nitrogens with zero attached hydrogens (tertiary/aromatic N) is 2. The lowest BCUT2D eigenvalue weighted by Gasteiger charge is -2.15. The normalized spacial score (nSPS) is 10.5. The molecule has 7 heteroatoms. The van der Waals surface area contributed by atoms with Gasteiger partial charge in [-0.15, -0.1) is 23.7 Å². The maximum Gasteiger partial charge on any atom is 0.180 e.